The topological polar surface area (TPSA) is 85.5 Å². The average molecular weight is 338 g/mol. The second kappa shape index (κ2) is 6.78. The van der Waals surface area contributed by atoms with Crippen LogP contribution in [0.3, 0.4) is 0 Å². The van der Waals surface area contributed by atoms with Crippen LogP contribution in [0.4, 0.5) is 0 Å². The van der Waals surface area contributed by atoms with Gasteiger partial charge in [0.15, 0.2) is 5.17 Å². The van der Waals surface area contributed by atoms with Crippen molar-refractivity contribution >= 4 is 16.9 Å². The van der Waals surface area contributed by atoms with E-state index in [9.17, 15) is 15.3 Å². The molecule has 2 aliphatic heterocycles. The number of fused-ring (bicyclic) bond motifs is 1. The fraction of sp³-hybridized carbons (Fsp3) is 0.562. The van der Waals surface area contributed by atoms with Gasteiger partial charge in [0, 0.05) is 20.5 Å². The van der Waals surface area contributed by atoms with Crippen molar-refractivity contribution < 1.29 is 20.1 Å². The van der Waals surface area contributed by atoms with Crippen LogP contribution in [-0.4, -0.2) is 75.4 Å². The number of nitrogens with zero attached hydrogens (tertiary/aromatic N) is 2. The Balaban J connectivity index is 1.71. The smallest absolute Gasteiger partial charge is 0.161 e. The molecule has 2 aliphatic rings. The molecule has 1 saturated heterocycles. The number of rotatable bonds is 3. The van der Waals surface area contributed by atoms with Crippen molar-refractivity contribution in [3.05, 3.63) is 35.9 Å². The van der Waals surface area contributed by atoms with Crippen LogP contribution in [0.15, 0.2) is 35.3 Å². The molecule has 0 unspecified atom stereocenters. The Hall–Kier alpha value is -1.12. The lowest BCUT2D eigenvalue weighted by Gasteiger charge is -2.40. The normalized spacial score (nSPS) is 34.7. The van der Waals surface area contributed by atoms with Crippen LogP contribution in [0.1, 0.15) is 5.56 Å². The minimum Gasteiger partial charge on any atom is -0.390 e. The molecule has 6 atom stereocenters. The minimum absolute atomic E-state index is 0.360. The van der Waals surface area contributed by atoms with Gasteiger partial charge in [-0.3, -0.25) is 4.99 Å². The molecule has 126 valence electrons. The van der Waals surface area contributed by atoms with E-state index in [4.69, 9.17) is 4.74 Å². The first-order valence-electron chi connectivity index (χ1n) is 7.62. The number of aliphatic hydroxyl groups excluding tert-OH is 3. The van der Waals surface area contributed by atoms with Gasteiger partial charge in [0.05, 0.1) is 6.10 Å². The van der Waals surface area contributed by atoms with Gasteiger partial charge < -0.3 is 25.0 Å². The third-order valence-electron chi connectivity index (χ3n) is 4.14. The van der Waals surface area contributed by atoms with E-state index in [1.54, 1.807) is 0 Å². The van der Waals surface area contributed by atoms with E-state index in [1.165, 1.54) is 11.8 Å². The molecule has 1 fully saturated rings. The summed E-state index contributed by atoms with van der Waals surface area (Å²) in [7, 11) is 3.74. The number of hydrogen-bond donors (Lipinski definition) is 3. The number of benzene rings is 1. The van der Waals surface area contributed by atoms with E-state index in [0.29, 0.717) is 6.42 Å². The van der Waals surface area contributed by atoms with Crippen molar-refractivity contribution in [1.82, 2.24) is 4.90 Å². The zero-order valence-corrected chi connectivity index (χ0v) is 13.9. The SMILES string of the molecule is CN(C)C1=N[C@@H]2[C@@H](O)[C@H](O)[C@@H]([C@@H](O)Cc3ccccc3)O[C@@H]2S1. The third kappa shape index (κ3) is 3.39. The van der Waals surface area contributed by atoms with Crippen molar-refractivity contribution in [3.8, 4) is 0 Å². The molecule has 7 heteroatoms. The quantitative estimate of drug-likeness (QED) is 0.723. The molecule has 0 saturated carbocycles. The molecule has 0 bridgehead atoms. The lowest BCUT2D eigenvalue weighted by Crippen LogP contribution is -2.58. The highest BCUT2D eigenvalue weighted by molar-refractivity contribution is 8.14. The van der Waals surface area contributed by atoms with E-state index in [2.05, 4.69) is 4.99 Å². The van der Waals surface area contributed by atoms with Gasteiger partial charge in [0.1, 0.15) is 29.8 Å². The minimum atomic E-state index is -1.17. The average Bonchev–Trinajstić information content (AvgIpc) is 2.96. The Morgan fingerprint density at radius 2 is 1.91 bits per heavy atom. The molecule has 23 heavy (non-hydrogen) atoms. The van der Waals surface area contributed by atoms with E-state index in [-0.39, 0.29) is 5.44 Å². The fourth-order valence-electron chi connectivity index (χ4n) is 2.88. The van der Waals surface area contributed by atoms with Crippen LogP contribution in [-0.2, 0) is 11.2 Å². The van der Waals surface area contributed by atoms with E-state index < -0.39 is 30.5 Å². The van der Waals surface area contributed by atoms with Crippen LogP contribution in [0.25, 0.3) is 0 Å². The summed E-state index contributed by atoms with van der Waals surface area (Å²) in [6.45, 7) is 0. The molecule has 0 aromatic heterocycles. The number of thioether (sulfide) groups is 1. The molecule has 3 N–H and O–H groups in total. The summed E-state index contributed by atoms with van der Waals surface area (Å²) in [6.07, 6.45) is -3.59. The molecular weight excluding hydrogens is 316 g/mol. The van der Waals surface area contributed by atoms with Gasteiger partial charge in [0.2, 0.25) is 0 Å². The van der Waals surface area contributed by atoms with Crippen molar-refractivity contribution in [3.63, 3.8) is 0 Å². The van der Waals surface area contributed by atoms with Crippen molar-refractivity contribution in [1.29, 1.82) is 0 Å². The van der Waals surface area contributed by atoms with Gasteiger partial charge >= 0.3 is 0 Å². The number of amidine groups is 1. The highest BCUT2D eigenvalue weighted by Gasteiger charge is 2.50. The lowest BCUT2D eigenvalue weighted by atomic mass is 9.92. The molecule has 0 spiro atoms. The highest BCUT2D eigenvalue weighted by Crippen LogP contribution is 2.38. The number of hydrogen-bond acceptors (Lipinski definition) is 7. The Morgan fingerprint density at radius 3 is 2.57 bits per heavy atom. The van der Waals surface area contributed by atoms with Crippen LogP contribution in [0.2, 0.25) is 0 Å². The van der Waals surface area contributed by atoms with Gasteiger partial charge in [0.25, 0.3) is 0 Å². The summed E-state index contributed by atoms with van der Waals surface area (Å²) in [5, 5.41) is 31.9. The molecule has 3 rings (SSSR count). The fourth-order valence-corrected chi connectivity index (χ4v) is 4.03. The van der Waals surface area contributed by atoms with Crippen molar-refractivity contribution in [2.75, 3.05) is 14.1 Å². The van der Waals surface area contributed by atoms with Crippen molar-refractivity contribution in [2.45, 2.75) is 42.3 Å². The number of aliphatic hydroxyl groups is 3. The van der Waals surface area contributed by atoms with Crippen LogP contribution in [0.5, 0.6) is 0 Å². The molecule has 0 aliphatic carbocycles. The summed E-state index contributed by atoms with van der Waals surface area (Å²) < 4.78 is 5.87. The van der Waals surface area contributed by atoms with Gasteiger partial charge in [-0.15, -0.1) is 0 Å². The molecule has 0 amide bonds. The van der Waals surface area contributed by atoms with Gasteiger partial charge in [-0.2, -0.15) is 0 Å². The lowest BCUT2D eigenvalue weighted by molar-refractivity contribution is -0.184. The molecule has 0 radical (unpaired) electrons. The summed E-state index contributed by atoms with van der Waals surface area (Å²) in [4.78, 5) is 6.26. The van der Waals surface area contributed by atoms with Crippen molar-refractivity contribution in [2.24, 2.45) is 4.99 Å². The molecule has 1 aromatic carbocycles. The standard InChI is InChI=1S/C16H22N2O4S/c1-18(2)16-17-11-12(20)13(21)14(22-15(11)23-16)10(19)8-9-6-4-3-5-7-9/h3-7,10-15,19-21H,8H2,1-2H3/t10-,11+,12+,13-,14+,15+/m0/s1. The maximum absolute atomic E-state index is 10.5. The number of aliphatic imine (C=N–C) groups is 1. The Morgan fingerprint density at radius 1 is 1.22 bits per heavy atom. The van der Waals surface area contributed by atoms with Crippen LogP contribution >= 0.6 is 11.8 Å². The summed E-state index contributed by atoms with van der Waals surface area (Å²) in [6, 6.07) is 9.02. The zero-order chi connectivity index (χ0) is 16.6. The molecule has 2 heterocycles. The molecule has 6 nitrogen and oxygen atoms in total. The summed E-state index contributed by atoms with van der Waals surface area (Å²) in [5.74, 6) is 0. The predicted molar refractivity (Wildman–Crippen MR) is 89.3 cm³/mol. The first kappa shape index (κ1) is 16.7. The largest absolute Gasteiger partial charge is 0.390 e. The maximum Gasteiger partial charge on any atom is 0.161 e. The monoisotopic (exact) mass is 338 g/mol. The van der Waals surface area contributed by atoms with Crippen LogP contribution < -0.4 is 0 Å². The predicted octanol–water partition coefficient (Wildman–Crippen LogP) is 0.0697. The van der Waals surface area contributed by atoms with E-state index >= 15 is 0 Å². The highest BCUT2D eigenvalue weighted by atomic mass is 32.2. The second-order valence-electron chi connectivity index (χ2n) is 6.12. The zero-order valence-electron chi connectivity index (χ0n) is 13.1. The third-order valence-corrected chi connectivity index (χ3v) is 5.44. The van der Waals surface area contributed by atoms with E-state index in [1.807, 2.05) is 49.3 Å². The van der Waals surface area contributed by atoms with Gasteiger partial charge in [-0.1, -0.05) is 42.1 Å². The van der Waals surface area contributed by atoms with Gasteiger partial charge in [-0.05, 0) is 5.56 Å². The summed E-state index contributed by atoms with van der Waals surface area (Å²) >= 11 is 1.41. The van der Waals surface area contributed by atoms with E-state index in [0.717, 1.165) is 10.7 Å². The van der Waals surface area contributed by atoms with Crippen LogP contribution in [0, 0.1) is 0 Å². The Labute approximate surface area is 139 Å². The Kier molecular flexibility index (Phi) is 4.93. The second-order valence-corrected chi connectivity index (χ2v) is 7.19. The molecule has 1 aromatic rings. The Bertz CT molecular complexity index is 568. The summed E-state index contributed by atoms with van der Waals surface area (Å²) in [5.41, 5.74) is 0.568. The maximum atomic E-state index is 10.5. The molecular formula is C16H22N2O4S. The van der Waals surface area contributed by atoms with Gasteiger partial charge in [-0.25, -0.2) is 0 Å². The first-order chi connectivity index (χ1) is 11.0. The number of ether oxygens (including phenoxy) is 1. The first-order valence-corrected chi connectivity index (χ1v) is 8.50.